The number of thiocarbonyl (C=S) groups is 1. The summed E-state index contributed by atoms with van der Waals surface area (Å²) in [5.74, 6) is -0.159. The first-order chi connectivity index (χ1) is 11.9. The summed E-state index contributed by atoms with van der Waals surface area (Å²) in [6.45, 7) is 4.01. The molecule has 1 saturated heterocycles. The van der Waals surface area contributed by atoms with E-state index in [1.165, 1.54) is 4.90 Å². The Morgan fingerprint density at radius 2 is 1.76 bits per heavy atom. The summed E-state index contributed by atoms with van der Waals surface area (Å²) < 4.78 is 0.791. The molecule has 1 heterocycles. The molecule has 5 heteroatoms. The molecule has 0 unspecified atom stereocenters. The van der Waals surface area contributed by atoms with E-state index >= 15 is 0 Å². The average molecular weight is 413 g/mol. The van der Waals surface area contributed by atoms with Crippen LogP contribution in [0.5, 0.6) is 0 Å². The zero-order chi connectivity index (χ0) is 18.0. The molecule has 0 aliphatic carbocycles. The standard InChI is InChI=1S/C20H17BrN2OS/c1-13-8-14(2)10-17(9-13)23-19(24)18(22-20(23)25)12-16(21)11-15-6-4-3-5-7-15/h3-12H,1-2H3,(H,22,25)/b16-11-,18-12?. The fourth-order valence-electron chi connectivity index (χ4n) is 2.74. The number of halogens is 1. The molecule has 2 aromatic rings. The van der Waals surface area contributed by atoms with Crippen LogP contribution in [0.3, 0.4) is 0 Å². The summed E-state index contributed by atoms with van der Waals surface area (Å²) in [6.07, 6.45) is 3.70. The number of hydrogen-bond acceptors (Lipinski definition) is 2. The van der Waals surface area contributed by atoms with Gasteiger partial charge in [0.15, 0.2) is 5.11 Å². The second-order valence-corrected chi connectivity index (χ2v) is 7.22. The highest BCUT2D eigenvalue weighted by molar-refractivity contribution is 9.12. The van der Waals surface area contributed by atoms with Gasteiger partial charge in [0.2, 0.25) is 0 Å². The largest absolute Gasteiger partial charge is 0.327 e. The third-order valence-electron chi connectivity index (χ3n) is 3.73. The van der Waals surface area contributed by atoms with E-state index in [-0.39, 0.29) is 5.91 Å². The lowest BCUT2D eigenvalue weighted by Gasteiger charge is -2.15. The van der Waals surface area contributed by atoms with Gasteiger partial charge in [-0.25, -0.2) is 0 Å². The predicted octanol–water partition coefficient (Wildman–Crippen LogP) is 4.84. The topological polar surface area (TPSA) is 32.3 Å². The maximum Gasteiger partial charge on any atom is 0.281 e. The summed E-state index contributed by atoms with van der Waals surface area (Å²) in [7, 11) is 0. The molecular formula is C20H17BrN2OS. The predicted molar refractivity (Wildman–Crippen MR) is 111 cm³/mol. The molecule has 1 fully saturated rings. The number of anilines is 1. The molecule has 0 spiro atoms. The molecule has 3 rings (SSSR count). The van der Waals surface area contributed by atoms with Crippen LogP contribution in [0.1, 0.15) is 16.7 Å². The van der Waals surface area contributed by atoms with Crippen molar-refractivity contribution in [2.24, 2.45) is 0 Å². The van der Waals surface area contributed by atoms with Gasteiger partial charge in [-0.3, -0.25) is 9.69 Å². The van der Waals surface area contributed by atoms with E-state index in [1.54, 1.807) is 6.08 Å². The molecule has 1 aliphatic rings. The molecule has 0 radical (unpaired) electrons. The molecule has 0 aromatic heterocycles. The fraction of sp³-hybridized carbons (Fsp3) is 0.100. The molecule has 126 valence electrons. The Balaban J connectivity index is 1.89. The van der Waals surface area contributed by atoms with Gasteiger partial charge < -0.3 is 5.32 Å². The monoisotopic (exact) mass is 412 g/mol. The van der Waals surface area contributed by atoms with Crippen molar-refractivity contribution in [1.82, 2.24) is 5.32 Å². The maximum absolute atomic E-state index is 12.8. The number of benzene rings is 2. The Morgan fingerprint density at radius 1 is 1.12 bits per heavy atom. The van der Waals surface area contributed by atoms with Crippen LogP contribution in [0.25, 0.3) is 6.08 Å². The minimum atomic E-state index is -0.159. The van der Waals surface area contributed by atoms with Crippen molar-refractivity contribution in [3.05, 3.63) is 81.5 Å². The number of rotatable bonds is 3. The van der Waals surface area contributed by atoms with Gasteiger partial charge in [-0.15, -0.1) is 0 Å². The van der Waals surface area contributed by atoms with E-state index < -0.39 is 0 Å². The van der Waals surface area contributed by atoms with Gasteiger partial charge in [-0.05, 0) is 67.0 Å². The molecule has 0 atom stereocenters. The number of amides is 1. The van der Waals surface area contributed by atoms with Gasteiger partial charge in [0, 0.05) is 4.48 Å². The van der Waals surface area contributed by atoms with Gasteiger partial charge in [-0.2, -0.15) is 0 Å². The maximum atomic E-state index is 12.8. The molecular weight excluding hydrogens is 396 g/mol. The van der Waals surface area contributed by atoms with E-state index in [0.717, 1.165) is 26.9 Å². The Labute approximate surface area is 161 Å². The summed E-state index contributed by atoms with van der Waals surface area (Å²) in [4.78, 5) is 14.3. The van der Waals surface area contributed by atoms with E-state index in [1.807, 2.05) is 62.4 Å². The Morgan fingerprint density at radius 3 is 2.40 bits per heavy atom. The van der Waals surface area contributed by atoms with E-state index in [2.05, 4.69) is 27.3 Å². The SMILES string of the molecule is Cc1cc(C)cc(N2C(=O)C(=C/C(Br)=C/c3ccccc3)NC2=S)c1. The van der Waals surface area contributed by atoms with Crippen molar-refractivity contribution >= 4 is 50.9 Å². The highest BCUT2D eigenvalue weighted by Gasteiger charge is 2.32. The highest BCUT2D eigenvalue weighted by atomic mass is 79.9. The third-order valence-corrected chi connectivity index (χ3v) is 4.47. The van der Waals surface area contributed by atoms with E-state index in [0.29, 0.717) is 10.8 Å². The molecule has 0 bridgehead atoms. The van der Waals surface area contributed by atoms with Crippen LogP contribution in [-0.4, -0.2) is 11.0 Å². The number of allylic oxidation sites excluding steroid dienone is 2. The Bertz CT molecular complexity index is 883. The average Bonchev–Trinajstić information content (AvgIpc) is 2.81. The van der Waals surface area contributed by atoms with Crippen molar-refractivity contribution in [2.75, 3.05) is 4.90 Å². The van der Waals surface area contributed by atoms with Crippen LogP contribution in [0, 0.1) is 13.8 Å². The van der Waals surface area contributed by atoms with Crippen molar-refractivity contribution in [2.45, 2.75) is 13.8 Å². The zero-order valence-corrected chi connectivity index (χ0v) is 16.3. The first kappa shape index (κ1) is 17.6. The number of aryl methyl sites for hydroxylation is 2. The highest BCUT2D eigenvalue weighted by Crippen LogP contribution is 2.25. The van der Waals surface area contributed by atoms with Gasteiger partial charge in [0.05, 0.1) is 5.69 Å². The molecule has 1 amide bonds. The minimum Gasteiger partial charge on any atom is -0.327 e. The normalized spacial score (nSPS) is 16.5. The Hall–Kier alpha value is -2.24. The molecule has 1 aliphatic heterocycles. The zero-order valence-electron chi connectivity index (χ0n) is 13.9. The minimum absolute atomic E-state index is 0.159. The van der Waals surface area contributed by atoms with Crippen LogP contribution in [0.2, 0.25) is 0 Å². The van der Waals surface area contributed by atoms with E-state index in [4.69, 9.17) is 12.2 Å². The van der Waals surface area contributed by atoms with Crippen molar-refractivity contribution < 1.29 is 4.79 Å². The molecule has 3 nitrogen and oxygen atoms in total. The van der Waals surface area contributed by atoms with Gasteiger partial charge in [0.1, 0.15) is 5.70 Å². The number of nitrogens with one attached hydrogen (secondary N) is 1. The van der Waals surface area contributed by atoms with Gasteiger partial charge >= 0.3 is 0 Å². The molecule has 2 aromatic carbocycles. The lowest BCUT2D eigenvalue weighted by atomic mass is 10.1. The quantitative estimate of drug-likeness (QED) is 0.577. The molecule has 1 N–H and O–H groups in total. The molecule has 25 heavy (non-hydrogen) atoms. The van der Waals surface area contributed by atoms with Crippen molar-refractivity contribution in [3.63, 3.8) is 0 Å². The van der Waals surface area contributed by atoms with Crippen LogP contribution in [0.15, 0.2) is 64.8 Å². The number of hydrogen-bond donors (Lipinski definition) is 1. The van der Waals surface area contributed by atoms with Crippen LogP contribution < -0.4 is 10.2 Å². The van der Waals surface area contributed by atoms with Gasteiger partial charge in [-0.1, -0.05) is 52.3 Å². The van der Waals surface area contributed by atoms with Crippen molar-refractivity contribution in [3.8, 4) is 0 Å². The third kappa shape index (κ3) is 4.06. The summed E-state index contributed by atoms with van der Waals surface area (Å²) >= 11 is 8.87. The fourth-order valence-corrected chi connectivity index (χ4v) is 3.53. The lowest BCUT2D eigenvalue weighted by molar-refractivity contribution is -0.113. The lowest BCUT2D eigenvalue weighted by Crippen LogP contribution is -2.30. The summed E-state index contributed by atoms with van der Waals surface area (Å²) in [5.41, 5.74) is 4.46. The van der Waals surface area contributed by atoms with Gasteiger partial charge in [0.25, 0.3) is 5.91 Å². The first-order valence-electron chi connectivity index (χ1n) is 7.82. The number of carbonyl (C=O) groups is 1. The first-order valence-corrected chi connectivity index (χ1v) is 9.02. The number of carbonyl (C=O) groups excluding carboxylic acids is 1. The second-order valence-electron chi connectivity index (χ2n) is 5.91. The molecule has 0 saturated carbocycles. The van der Waals surface area contributed by atoms with Crippen LogP contribution in [0.4, 0.5) is 5.69 Å². The Kier molecular flexibility index (Phi) is 5.16. The van der Waals surface area contributed by atoms with Crippen LogP contribution >= 0.6 is 28.1 Å². The second kappa shape index (κ2) is 7.33. The number of nitrogens with zero attached hydrogens (tertiary/aromatic N) is 1. The van der Waals surface area contributed by atoms with Crippen molar-refractivity contribution in [1.29, 1.82) is 0 Å². The summed E-state index contributed by atoms with van der Waals surface area (Å²) in [5, 5.41) is 3.40. The smallest absolute Gasteiger partial charge is 0.281 e. The van der Waals surface area contributed by atoms with E-state index in [9.17, 15) is 4.79 Å². The van der Waals surface area contributed by atoms with Crippen LogP contribution in [-0.2, 0) is 4.79 Å². The summed E-state index contributed by atoms with van der Waals surface area (Å²) in [6, 6.07) is 15.9.